The fourth-order valence-electron chi connectivity index (χ4n) is 1.59. The number of anilines is 1. The van der Waals surface area contributed by atoms with E-state index in [1.54, 1.807) is 12.1 Å². The van der Waals surface area contributed by atoms with Crippen LogP contribution in [0.5, 0.6) is 0 Å². The first-order valence-corrected chi connectivity index (χ1v) is 6.59. The number of amides is 2. The fourth-order valence-corrected chi connectivity index (χ4v) is 1.59. The first-order chi connectivity index (χ1) is 10.4. The van der Waals surface area contributed by atoms with E-state index in [9.17, 15) is 14.4 Å². The highest BCUT2D eigenvalue weighted by Gasteiger charge is 2.13. The van der Waals surface area contributed by atoms with E-state index in [1.165, 1.54) is 31.0 Å². The number of esters is 1. The number of nitriles is 1. The van der Waals surface area contributed by atoms with Gasteiger partial charge in [-0.1, -0.05) is 6.07 Å². The van der Waals surface area contributed by atoms with Crippen molar-refractivity contribution in [2.75, 3.05) is 25.5 Å². The Morgan fingerprint density at radius 2 is 2.09 bits per heavy atom. The molecule has 2 amide bonds. The van der Waals surface area contributed by atoms with Crippen molar-refractivity contribution in [2.45, 2.75) is 13.3 Å². The molecule has 0 saturated carbocycles. The molecule has 0 atom stereocenters. The Balaban J connectivity index is 2.57. The zero-order chi connectivity index (χ0) is 16.5. The van der Waals surface area contributed by atoms with Crippen molar-refractivity contribution in [1.82, 2.24) is 4.90 Å². The van der Waals surface area contributed by atoms with Crippen LogP contribution in [0.2, 0.25) is 0 Å². The van der Waals surface area contributed by atoms with Gasteiger partial charge in [-0.3, -0.25) is 9.59 Å². The number of nitrogens with one attached hydrogen (secondary N) is 1. The van der Waals surface area contributed by atoms with Crippen LogP contribution in [0.25, 0.3) is 0 Å². The molecular weight excluding hydrogens is 286 g/mol. The molecule has 0 aliphatic rings. The third-order valence-corrected chi connectivity index (χ3v) is 2.73. The molecule has 1 aromatic carbocycles. The first-order valence-electron chi connectivity index (χ1n) is 6.59. The van der Waals surface area contributed by atoms with Crippen LogP contribution in [-0.2, 0) is 14.3 Å². The van der Waals surface area contributed by atoms with Crippen LogP contribution >= 0.6 is 0 Å². The largest absolute Gasteiger partial charge is 0.452 e. The molecule has 1 rings (SSSR count). The summed E-state index contributed by atoms with van der Waals surface area (Å²) < 4.78 is 4.93. The number of hydrogen-bond acceptors (Lipinski definition) is 5. The number of hydrogen-bond donors (Lipinski definition) is 1. The predicted molar refractivity (Wildman–Crippen MR) is 78.9 cm³/mol. The van der Waals surface area contributed by atoms with E-state index in [0.717, 1.165) is 0 Å². The molecular formula is C15H17N3O4. The maximum absolute atomic E-state index is 11.9. The van der Waals surface area contributed by atoms with Crippen molar-refractivity contribution in [2.24, 2.45) is 0 Å². The number of rotatable bonds is 6. The van der Waals surface area contributed by atoms with Gasteiger partial charge in [-0.25, -0.2) is 4.79 Å². The van der Waals surface area contributed by atoms with Crippen molar-refractivity contribution in [3.05, 3.63) is 29.8 Å². The number of likely N-dealkylation sites (N-methyl/N-ethyl adjacent to an activating group) is 1. The van der Waals surface area contributed by atoms with Gasteiger partial charge < -0.3 is 15.0 Å². The van der Waals surface area contributed by atoms with Crippen molar-refractivity contribution in [3.63, 3.8) is 0 Å². The van der Waals surface area contributed by atoms with Crippen LogP contribution in [0.1, 0.15) is 23.7 Å². The Bertz CT molecular complexity index is 607. The molecule has 0 aliphatic carbocycles. The predicted octanol–water partition coefficient (Wildman–Crippen LogP) is 1.17. The molecule has 0 spiro atoms. The van der Waals surface area contributed by atoms with Gasteiger partial charge in [0.05, 0.1) is 18.1 Å². The molecule has 22 heavy (non-hydrogen) atoms. The Hall–Kier alpha value is -2.88. The van der Waals surface area contributed by atoms with Gasteiger partial charge in [0, 0.05) is 26.2 Å². The average molecular weight is 303 g/mol. The summed E-state index contributed by atoms with van der Waals surface area (Å²) in [4.78, 5) is 35.8. The van der Waals surface area contributed by atoms with Gasteiger partial charge in [0.25, 0.3) is 5.91 Å². The summed E-state index contributed by atoms with van der Waals surface area (Å²) in [5, 5.41) is 11.0. The van der Waals surface area contributed by atoms with Crippen LogP contribution in [0.3, 0.4) is 0 Å². The number of benzene rings is 1. The van der Waals surface area contributed by atoms with Crippen LogP contribution < -0.4 is 5.32 Å². The number of nitrogens with zero attached hydrogens (tertiary/aromatic N) is 2. The third-order valence-electron chi connectivity index (χ3n) is 2.73. The van der Waals surface area contributed by atoms with Gasteiger partial charge in [0.1, 0.15) is 0 Å². The molecule has 0 heterocycles. The normalized spacial score (nSPS) is 9.50. The Labute approximate surface area is 128 Å². The van der Waals surface area contributed by atoms with E-state index < -0.39 is 12.6 Å². The minimum atomic E-state index is -0.658. The molecule has 0 bridgehead atoms. The molecule has 7 heteroatoms. The lowest BCUT2D eigenvalue weighted by atomic mass is 10.2. The summed E-state index contributed by atoms with van der Waals surface area (Å²) >= 11 is 0. The SMILES string of the molecule is CC(=O)Nc1cccc(C(=O)OCC(=O)N(C)CCC#N)c1. The van der Waals surface area contributed by atoms with Crippen LogP contribution in [-0.4, -0.2) is 42.9 Å². The monoisotopic (exact) mass is 303 g/mol. The summed E-state index contributed by atoms with van der Waals surface area (Å²) in [6, 6.07) is 8.16. The summed E-state index contributed by atoms with van der Waals surface area (Å²) in [7, 11) is 1.53. The lowest BCUT2D eigenvalue weighted by molar-refractivity contribution is -0.133. The second-order valence-electron chi connectivity index (χ2n) is 4.56. The lowest BCUT2D eigenvalue weighted by Crippen LogP contribution is -2.31. The van der Waals surface area contributed by atoms with Gasteiger partial charge in [-0.05, 0) is 18.2 Å². The Kier molecular flexibility index (Phi) is 6.57. The molecule has 0 aromatic heterocycles. The van der Waals surface area contributed by atoms with E-state index in [2.05, 4.69) is 5.32 Å². The van der Waals surface area contributed by atoms with Crippen LogP contribution in [0, 0.1) is 11.3 Å². The van der Waals surface area contributed by atoms with E-state index in [4.69, 9.17) is 10.00 Å². The van der Waals surface area contributed by atoms with Gasteiger partial charge in [0.2, 0.25) is 5.91 Å². The van der Waals surface area contributed by atoms with Crippen LogP contribution in [0.4, 0.5) is 5.69 Å². The maximum atomic E-state index is 11.9. The van der Waals surface area contributed by atoms with Gasteiger partial charge in [-0.2, -0.15) is 5.26 Å². The van der Waals surface area contributed by atoms with Crippen molar-refractivity contribution in [1.29, 1.82) is 5.26 Å². The molecule has 1 N–H and O–H groups in total. The Morgan fingerprint density at radius 3 is 2.73 bits per heavy atom. The summed E-state index contributed by atoms with van der Waals surface area (Å²) in [5.74, 6) is -1.30. The van der Waals surface area contributed by atoms with Gasteiger partial charge >= 0.3 is 5.97 Å². The van der Waals surface area contributed by atoms with Gasteiger partial charge in [0.15, 0.2) is 6.61 Å². The summed E-state index contributed by atoms with van der Waals surface area (Å²) in [6.45, 7) is 1.25. The zero-order valence-electron chi connectivity index (χ0n) is 12.5. The second-order valence-corrected chi connectivity index (χ2v) is 4.56. The smallest absolute Gasteiger partial charge is 0.338 e. The van der Waals surface area contributed by atoms with Crippen molar-refractivity contribution < 1.29 is 19.1 Å². The van der Waals surface area contributed by atoms with E-state index in [-0.39, 0.29) is 30.3 Å². The molecule has 116 valence electrons. The molecule has 1 aromatic rings. The quantitative estimate of drug-likeness (QED) is 0.795. The molecule has 0 aliphatic heterocycles. The minimum Gasteiger partial charge on any atom is -0.452 e. The summed E-state index contributed by atoms with van der Waals surface area (Å²) in [6.07, 6.45) is 0.217. The number of carbonyl (C=O) groups excluding carboxylic acids is 3. The molecule has 0 unspecified atom stereocenters. The van der Waals surface area contributed by atoms with E-state index in [0.29, 0.717) is 5.69 Å². The minimum absolute atomic E-state index is 0.217. The van der Waals surface area contributed by atoms with Gasteiger partial charge in [-0.15, -0.1) is 0 Å². The molecule has 0 saturated heterocycles. The van der Waals surface area contributed by atoms with Crippen LogP contribution in [0.15, 0.2) is 24.3 Å². The van der Waals surface area contributed by atoms with E-state index >= 15 is 0 Å². The third kappa shape index (κ3) is 5.63. The maximum Gasteiger partial charge on any atom is 0.338 e. The average Bonchev–Trinajstić information content (AvgIpc) is 2.49. The van der Waals surface area contributed by atoms with Crippen molar-refractivity contribution >= 4 is 23.5 Å². The fraction of sp³-hybridized carbons (Fsp3) is 0.333. The number of carbonyl (C=O) groups is 3. The zero-order valence-corrected chi connectivity index (χ0v) is 12.5. The highest BCUT2D eigenvalue weighted by molar-refractivity contribution is 5.94. The standard InChI is InChI=1S/C15H17N3O4/c1-11(19)17-13-6-3-5-12(9-13)15(21)22-10-14(20)18(2)8-4-7-16/h3,5-6,9H,4,8,10H2,1-2H3,(H,17,19). The van der Waals surface area contributed by atoms with Crippen molar-refractivity contribution in [3.8, 4) is 6.07 Å². The molecule has 0 radical (unpaired) electrons. The highest BCUT2D eigenvalue weighted by atomic mass is 16.5. The second kappa shape index (κ2) is 8.42. The van der Waals surface area contributed by atoms with E-state index in [1.807, 2.05) is 6.07 Å². The summed E-state index contributed by atoms with van der Waals surface area (Å²) in [5.41, 5.74) is 0.707. The molecule has 0 fully saturated rings. The molecule has 7 nitrogen and oxygen atoms in total. The first kappa shape index (κ1) is 17.2. The highest BCUT2D eigenvalue weighted by Crippen LogP contribution is 2.11. The Morgan fingerprint density at radius 1 is 1.36 bits per heavy atom. The topological polar surface area (TPSA) is 99.5 Å². The lowest BCUT2D eigenvalue weighted by Gasteiger charge is -2.15. The number of ether oxygens (including phenoxy) is 1.